The Hall–Kier alpha value is -0.940. The van der Waals surface area contributed by atoms with E-state index in [2.05, 4.69) is 15.4 Å². The van der Waals surface area contributed by atoms with Crippen LogP contribution in [0.3, 0.4) is 0 Å². The zero-order chi connectivity index (χ0) is 11.7. The molecule has 5 heteroatoms. The van der Waals surface area contributed by atoms with Gasteiger partial charge in [-0.15, -0.1) is 0 Å². The molecule has 2 aliphatic heterocycles. The summed E-state index contributed by atoms with van der Waals surface area (Å²) in [5.41, 5.74) is 0. The molecule has 17 heavy (non-hydrogen) atoms. The summed E-state index contributed by atoms with van der Waals surface area (Å²) in [6.45, 7) is 2.31. The molecular formula is C12H20N4O. The predicted octanol–water partition coefficient (Wildman–Crippen LogP) is 0.127. The van der Waals surface area contributed by atoms with E-state index in [9.17, 15) is 5.11 Å². The van der Waals surface area contributed by atoms with Crippen molar-refractivity contribution in [3.8, 4) is 0 Å². The van der Waals surface area contributed by atoms with Gasteiger partial charge >= 0.3 is 0 Å². The van der Waals surface area contributed by atoms with Crippen LogP contribution in [0.1, 0.15) is 30.9 Å². The molecule has 0 saturated carbocycles. The third-order valence-electron chi connectivity index (χ3n) is 3.86. The smallest absolute Gasteiger partial charge is 0.152 e. The molecule has 2 unspecified atom stereocenters. The summed E-state index contributed by atoms with van der Waals surface area (Å²) >= 11 is 0. The van der Waals surface area contributed by atoms with Crippen LogP contribution < -0.4 is 5.32 Å². The molecule has 0 bridgehead atoms. The van der Waals surface area contributed by atoms with Crippen molar-refractivity contribution in [1.29, 1.82) is 0 Å². The normalized spacial score (nSPS) is 28.3. The van der Waals surface area contributed by atoms with E-state index in [0.29, 0.717) is 12.0 Å². The van der Waals surface area contributed by atoms with Crippen LogP contribution in [0.4, 0.5) is 0 Å². The number of aliphatic hydroxyl groups excluding tert-OH is 1. The summed E-state index contributed by atoms with van der Waals surface area (Å²) in [5.74, 6) is 2.41. The second-order valence-corrected chi connectivity index (χ2v) is 5.21. The first-order chi connectivity index (χ1) is 8.35. The molecule has 2 atom stereocenters. The van der Waals surface area contributed by atoms with Gasteiger partial charge in [-0.25, -0.2) is 9.67 Å². The van der Waals surface area contributed by atoms with Gasteiger partial charge in [0.2, 0.25) is 0 Å². The van der Waals surface area contributed by atoms with E-state index in [-0.39, 0.29) is 6.61 Å². The van der Waals surface area contributed by atoms with E-state index in [0.717, 1.165) is 44.0 Å². The molecule has 1 aromatic heterocycles. The van der Waals surface area contributed by atoms with Gasteiger partial charge in [-0.2, -0.15) is 5.10 Å². The van der Waals surface area contributed by atoms with Crippen molar-refractivity contribution in [2.45, 2.75) is 44.7 Å². The molecule has 3 heterocycles. The van der Waals surface area contributed by atoms with Gasteiger partial charge in [0, 0.05) is 32.0 Å². The van der Waals surface area contributed by atoms with Gasteiger partial charge in [0.15, 0.2) is 5.82 Å². The van der Waals surface area contributed by atoms with Gasteiger partial charge in [-0.1, -0.05) is 0 Å². The molecule has 1 fully saturated rings. The van der Waals surface area contributed by atoms with Gasteiger partial charge in [0.05, 0.1) is 0 Å². The monoisotopic (exact) mass is 236 g/mol. The lowest BCUT2D eigenvalue weighted by Crippen LogP contribution is -2.24. The summed E-state index contributed by atoms with van der Waals surface area (Å²) in [7, 11) is 0. The number of aromatic nitrogens is 3. The van der Waals surface area contributed by atoms with Crippen molar-refractivity contribution >= 4 is 0 Å². The minimum Gasteiger partial charge on any atom is -0.396 e. The molecular weight excluding hydrogens is 216 g/mol. The molecule has 3 rings (SSSR count). The topological polar surface area (TPSA) is 63.0 Å². The molecule has 2 aliphatic rings. The molecule has 94 valence electrons. The Morgan fingerprint density at radius 3 is 3.12 bits per heavy atom. The highest BCUT2D eigenvalue weighted by atomic mass is 16.3. The summed E-state index contributed by atoms with van der Waals surface area (Å²) in [5, 5.41) is 17.2. The lowest BCUT2D eigenvalue weighted by molar-refractivity contribution is 0.196. The highest BCUT2D eigenvalue weighted by Crippen LogP contribution is 2.19. The maximum absolute atomic E-state index is 9.19. The first kappa shape index (κ1) is 11.2. The van der Waals surface area contributed by atoms with Crippen LogP contribution in [0.25, 0.3) is 0 Å². The number of rotatable bonds is 3. The molecule has 0 radical (unpaired) electrons. The SMILES string of the molecule is OCC1CCn2nc(CC3CCCN3)nc2C1. The summed E-state index contributed by atoms with van der Waals surface area (Å²) in [6, 6.07) is 0.563. The van der Waals surface area contributed by atoms with Gasteiger partial charge in [0.25, 0.3) is 0 Å². The first-order valence-electron chi connectivity index (χ1n) is 6.62. The van der Waals surface area contributed by atoms with Gasteiger partial charge < -0.3 is 10.4 Å². The summed E-state index contributed by atoms with van der Waals surface area (Å²) in [4.78, 5) is 4.61. The Morgan fingerprint density at radius 1 is 1.41 bits per heavy atom. The fraction of sp³-hybridized carbons (Fsp3) is 0.833. The first-order valence-corrected chi connectivity index (χ1v) is 6.62. The van der Waals surface area contributed by atoms with E-state index in [1.165, 1.54) is 12.8 Å². The summed E-state index contributed by atoms with van der Waals surface area (Å²) < 4.78 is 2.02. The second kappa shape index (κ2) is 4.74. The Kier molecular flexibility index (Phi) is 3.11. The highest BCUT2D eigenvalue weighted by Gasteiger charge is 2.23. The number of aliphatic hydroxyl groups is 1. The highest BCUT2D eigenvalue weighted by molar-refractivity contribution is 5.00. The van der Waals surface area contributed by atoms with Crippen molar-refractivity contribution in [2.24, 2.45) is 5.92 Å². The van der Waals surface area contributed by atoms with Crippen LogP contribution in [0.5, 0.6) is 0 Å². The number of nitrogens with zero attached hydrogens (tertiary/aromatic N) is 3. The van der Waals surface area contributed by atoms with E-state index in [1.54, 1.807) is 0 Å². The molecule has 2 N–H and O–H groups in total. The van der Waals surface area contributed by atoms with Gasteiger partial charge in [0.1, 0.15) is 5.82 Å². The van der Waals surface area contributed by atoms with Crippen LogP contribution in [-0.4, -0.2) is 39.1 Å². The van der Waals surface area contributed by atoms with E-state index in [1.807, 2.05) is 4.68 Å². The van der Waals surface area contributed by atoms with Crippen LogP contribution in [0.15, 0.2) is 0 Å². The Balaban J connectivity index is 1.69. The van der Waals surface area contributed by atoms with Crippen LogP contribution in [0, 0.1) is 5.92 Å². The third kappa shape index (κ3) is 2.35. The lowest BCUT2D eigenvalue weighted by Gasteiger charge is -2.19. The number of fused-ring (bicyclic) bond motifs is 1. The quantitative estimate of drug-likeness (QED) is 0.783. The van der Waals surface area contributed by atoms with Crippen molar-refractivity contribution in [1.82, 2.24) is 20.1 Å². The number of aryl methyl sites for hydroxylation is 1. The van der Waals surface area contributed by atoms with E-state index >= 15 is 0 Å². The Labute approximate surface area is 101 Å². The van der Waals surface area contributed by atoms with Crippen molar-refractivity contribution in [2.75, 3.05) is 13.2 Å². The zero-order valence-corrected chi connectivity index (χ0v) is 10.1. The van der Waals surface area contributed by atoms with Crippen molar-refractivity contribution < 1.29 is 5.11 Å². The largest absolute Gasteiger partial charge is 0.396 e. The van der Waals surface area contributed by atoms with Crippen LogP contribution in [0.2, 0.25) is 0 Å². The molecule has 5 nitrogen and oxygen atoms in total. The fourth-order valence-electron chi connectivity index (χ4n) is 2.81. The average molecular weight is 236 g/mol. The van der Waals surface area contributed by atoms with Gasteiger partial charge in [-0.05, 0) is 31.7 Å². The zero-order valence-electron chi connectivity index (χ0n) is 10.1. The maximum Gasteiger partial charge on any atom is 0.152 e. The average Bonchev–Trinajstić information content (AvgIpc) is 2.96. The molecule has 0 aromatic carbocycles. The fourth-order valence-corrected chi connectivity index (χ4v) is 2.81. The molecule has 1 aromatic rings. The molecule has 1 saturated heterocycles. The molecule has 0 aliphatic carbocycles. The van der Waals surface area contributed by atoms with E-state index < -0.39 is 0 Å². The minimum atomic E-state index is 0.270. The number of nitrogens with one attached hydrogen (secondary N) is 1. The minimum absolute atomic E-state index is 0.270. The number of hydrogen-bond donors (Lipinski definition) is 2. The third-order valence-corrected chi connectivity index (χ3v) is 3.86. The van der Waals surface area contributed by atoms with Crippen molar-refractivity contribution in [3.63, 3.8) is 0 Å². The summed E-state index contributed by atoms with van der Waals surface area (Å²) in [6.07, 6.45) is 5.35. The Bertz CT molecular complexity index is 384. The molecule has 0 spiro atoms. The van der Waals surface area contributed by atoms with Crippen LogP contribution in [-0.2, 0) is 19.4 Å². The molecule has 0 amide bonds. The number of hydrogen-bond acceptors (Lipinski definition) is 4. The maximum atomic E-state index is 9.19. The predicted molar refractivity (Wildman–Crippen MR) is 63.6 cm³/mol. The second-order valence-electron chi connectivity index (χ2n) is 5.21. The van der Waals surface area contributed by atoms with Gasteiger partial charge in [-0.3, -0.25) is 0 Å². The standard InChI is InChI=1S/C12H20N4O/c17-8-9-3-5-16-12(6-9)14-11(15-16)7-10-2-1-4-13-10/h9-10,13,17H,1-8H2. The Morgan fingerprint density at radius 2 is 2.35 bits per heavy atom. The van der Waals surface area contributed by atoms with Crippen molar-refractivity contribution in [3.05, 3.63) is 11.6 Å². The lowest BCUT2D eigenvalue weighted by atomic mass is 9.99. The van der Waals surface area contributed by atoms with E-state index in [4.69, 9.17) is 0 Å². The van der Waals surface area contributed by atoms with Crippen LogP contribution >= 0.6 is 0 Å².